The lowest BCUT2D eigenvalue weighted by Crippen LogP contribution is -2.52. The maximum atomic E-state index is 11.9. The molecule has 1 aromatic heterocycles. The third kappa shape index (κ3) is 3.31. The van der Waals surface area contributed by atoms with Crippen LogP contribution in [0.15, 0.2) is 16.8 Å². The van der Waals surface area contributed by atoms with Gasteiger partial charge in [-0.2, -0.15) is 11.3 Å². The zero-order valence-electron chi connectivity index (χ0n) is 10.8. The highest BCUT2D eigenvalue weighted by molar-refractivity contribution is 7.07. The van der Waals surface area contributed by atoms with E-state index in [9.17, 15) is 4.79 Å². The topological polar surface area (TPSA) is 49.6 Å². The van der Waals surface area contributed by atoms with E-state index in [-0.39, 0.29) is 11.9 Å². The predicted molar refractivity (Wildman–Crippen MR) is 74.4 cm³/mol. The summed E-state index contributed by atoms with van der Waals surface area (Å²) in [5, 5.41) is 4.29. The number of hydrogen-bond donors (Lipinski definition) is 1. The quantitative estimate of drug-likeness (QED) is 0.889. The summed E-state index contributed by atoms with van der Waals surface area (Å²) < 4.78 is 0. The zero-order chi connectivity index (χ0) is 13.0. The lowest BCUT2D eigenvalue weighted by molar-refractivity contribution is -0.134. The van der Waals surface area contributed by atoms with E-state index in [1.54, 1.807) is 11.3 Å². The number of carbonyl (C=O) groups excluding carboxylic acids is 1. The van der Waals surface area contributed by atoms with Crippen molar-refractivity contribution in [2.24, 2.45) is 5.73 Å². The number of piperazine rings is 1. The van der Waals surface area contributed by atoms with E-state index < -0.39 is 0 Å². The molecule has 1 aromatic rings. The van der Waals surface area contributed by atoms with Gasteiger partial charge in [-0.15, -0.1) is 0 Å². The average molecular weight is 267 g/mol. The molecular weight excluding hydrogens is 246 g/mol. The third-order valence-corrected chi connectivity index (χ3v) is 4.16. The number of rotatable bonds is 4. The maximum Gasteiger partial charge on any atom is 0.239 e. The molecule has 1 aliphatic heterocycles. The Bertz CT molecular complexity index is 372. The van der Waals surface area contributed by atoms with Gasteiger partial charge >= 0.3 is 0 Å². The van der Waals surface area contributed by atoms with Crippen molar-refractivity contribution in [1.82, 2.24) is 9.80 Å². The van der Waals surface area contributed by atoms with Crippen molar-refractivity contribution in [1.29, 1.82) is 0 Å². The first-order chi connectivity index (χ1) is 8.70. The Morgan fingerprint density at radius 2 is 2.17 bits per heavy atom. The van der Waals surface area contributed by atoms with Crippen molar-refractivity contribution in [2.75, 3.05) is 26.2 Å². The van der Waals surface area contributed by atoms with Crippen LogP contribution in [0.2, 0.25) is 0 Å². The van der Waals surface area contributed by atoms with Crippen molar-refractivity contribution in [3.8, 4) is 0 Å². The molecule has 1 atom stereocenters. The number of thiophene rings is 1. The van der Waals surface area contributed by atoms with Gasteiger partial charge in [0, 0.05) is 32.7 Å². The van der Waals surface area contributed by atoms with Gasteiger partial charge in [-0.1, -0.05) is 6.92 Å². The first-order valence-corrected chi connectivity index (χ1v) is 7.42. The maximum absolute atomic E-state index is 11.9. The van der Waals surface area contributed by atoms with E-state index in [0.717, 1.165) is 32.7 Å². The Morgan fingerprint density at radius 3 is 2.72 bits per heavy atom. The summed E-state index contributed by atoms with van der Waals surface area (Å²) in [7, 11) is 0. The van der Waals surface area contributed by atoms with E-state index in [1.807, 2.05) is 11.8 Å². The lowest BCUT2D eigenvalue weighted by atomic mass is 10.2. The normalized spacial score (nSPS) is 18.9. The van der Waals surface area contributed by atoms with Crippen LogP contribution in [-0.2, 0) is 11.3 Å². The molecule has 2 heterocycles. The smallest absolute Gasteiger partial charge is 0.239 e. The zero-order valence-corrected chi connectivity index (χ0v) is 11.7. The average Bonchev–Trinajstić information content (AvgIpc) is 2.91. The molecular formula is C13H21N3OS. The summed E-state index contributed by atoms with van der Waals surface area (Å²) >= 11 is 1.73. The van der Waals surface area contributed by atoms with E-state index >= 15 is 0 Å². The number of amides is 1. The molecule has 1 unspecified atom stereocenters. The van der Waals surface area contributed by atoms with Gasteiger partial charge in [-0.05, 0) is 28.8 Å². The van der Waals surface area contributed by atoms with Crippen molar-refractivity contribution in [2.45, 2.75) is 25.9 Å². The van der Waals surface area contributed by atoms with E-state index in [1.165, 1.54) is 5.56 Å². The SMILES string of the molecule is CCC(N)C(=O)N1CCN(Cc2ccsc2)CC1. The third-order valence-electron chi connectivity index (χ3n) is 3.43. The molecule has 1 saturated heterocycles. The first-order valence-electron chi connectivity index (χ1n) is 6.48. The number of hydrogen-bond acceptors (Lipinski definition) is 4. The summed E-state index contributed by atoms with van der Waals surface area (Å²) in [5.74, 6) is 0.104. The molecule has 0 radical (unpaired) electrons. The fourth-order valence-electron chi connectivity index (χ4n) is 2.18. The molecule has 2 rings (SSSR count). The molecule has 0 saturated carbocycles. The minimum atomic E-state index is -0.326. The standard InChI is InChI=1S/C13H21N3OS/c1-2-12(14)13(17)16-6-4-15(5-7-16)9-11-3-8-18-10-11/h3,8,10,12H,2,4-7,9,14H2,1H3. The van der Waals surface area contributed by atoms with Crippen LogP contribution in [0.4, 0.5) is 0 Å². The molecule has 4 nitrogen and oxygen atoms in total. The lowest BCUT2D eigenvalue weighted by Gasteiger charge is -2.35. The van der Waals surface area contributed by atoms with Gasteiger partial charge in [0.05, 0.1) is 6.04 Å². The van der Waals surface area contributed by atoms with Crippen LogP contribution in [0, 0.1) is 0 Å². The molecule has 2 N–H and O–H groups in total. The monoisotopic (exact) mass is 267 g/mol. The van der Waals surface area contributed by atoms with Gasteiger partial charge < -0.3 is 10.6 Å². The van der Waals surface area contributed by atoms with Crippen LogP contribution in [0.1, 0.15) is 18.9 Å². The summed E-state index contributed by atoms with van der Waals surface area (Å²) in [6.45, 7) is 6.43. The second-order valence-corrected chi connectivity index (χ2v) is 5.53. The van der Waals surface area contributed by atoms with Gasteiger partial charge in [-0.25, -0.2) is 0 Å². The van der Waals surface area contributed by atoms with Crippen LogP contribution in [-0.4, -0.2) is 47.9 Å². The molecule has 5 heteroatoms. The molecule has 18 heavy (non-hydrogen) atoms. The largest absolute Gasteiger partial charge is 0.339 e. The van der Waals surface area contributed by atoms with Gasteiger partial charge in [0.2, 0.25) is 5.91 Å². The fourth-order valence-corrected chi connectivity index (χ4v) is 2.84. The summed E-state index contributed by atoms with van der Waals surface area (Å²) in [6, 6.07) is 1.84. The van der Waals surface area contributed by atoms with Crippen molar-refractivity contribution in [3.63, 3.8) is 0 Å². The fraction of sp³-hybridized carbons (Fsp3) is 0.615. The predicted octanol–water partition coefficient (Wildman–Crippen LogP) is 1.13. The van der Waals surface area contributed by atoms with E-state index in [2.05, 4.69) is 21.7 Å². The van der Waals surface area contributed by atoms with Crippen molar-refractivity contribution < 1.29 is 4.79 Å². The Labute approximate surface area is 112 Å². The Kier molecular flexibility index (Phi) is 4.74. The van der Waals surface area contributed by atoms with Crippen LogP contribution in [0.5, 0.6) is 0 Å². The van der Waals surface area contributed by atoms with Crippen LogP contribution in [0.25, 0.3) is 0 Å². The van der Waals surface area contributed by atoms with Crippen LogP contribution in [0.3, 0.4) is 0 Å². The summed E-state index contributed by atoms with van der Waals surface area (Å²) in [4.78, 5) is 16.2. The molecule has 0 bridgehead atoms. The summed E-state index contributed by atoms with van der Waals surface area (Å²) in [6.07, 6.45) is 0.716. The molecule has 100 valence electrons. The Morgan fingerprint density at radius 1 is 1.44 bits per heavy atom. The van der Waals surface area contributed by atoms with Crippen molar-refractivity contribution >= 4 is 17.2 Å². The molecule has 1 aliphatic rings. The number of carbonyl (C=O) groups is 1. The molecule has 0 aromatic carbocycles. The van der Waals surface area contributed by atoms with Gasteiger partial charge in [0.25, 0.3) is 0 Å². The molecule has 1 amide bonds. The summed E-state index contributed by atoms with van der Waals surface area (Å²) in [5.41, 5.74) is 7.15. The molecule has 0 spiro atoms. The number of nitrogens with zero attached hydrogens (tertiary/aromatic N) is 2. The molecule has 1 fully saturated rings. The first kappa shape index (κ1) is 13.5. The van der Waals surface area contributed by atoms with Crippen molar-refractivity contribution in [3.05, 3.63) is 22.4 Å². The Balaban J connectivity index is 1.79. The van der Waals surface area contributed by atoms with E-state index in [4.69, 9.17) is 5.73 Å². The molecule has 0 aliphatic carbocycles. The van der Waals surface area contributed by atoms with Gasteiger partial charge in [0.15, 0.2) is 0 Å². The van der Waals surface area contributed by atoms with Crippen LogP contribution >= 0.6 is 11.3 Å². The highest BCUT2D eigenvalue weighted by Gasteiger charge is 2.24. The highest BCUT2D eigenvalue weighted by Crippen LogP contribution is 2.12. The highest BCUT2D eigenvalue weighted by atomic mass is 32.1. The second-order valence-electron chi connectivity index (χ2n) is 4.75. The second kappa shape index (κ2) is 6.31. The Hall–Kier alpha value is -0.910. The van der Waals surface area contributed by atoms with Gasteiger partial charge in [-0.3, -0.25) is 9.69 Å². The van der Waals surface area contributed by atoms with E-state index in [0.29, 0.717) is 6.42 Å². The minimum absolute atomic E-state index is 0.104. The van der Waals surface area contributed by atoms with Gasteiger partial charge in [0.1, 0.15) is 0 Å². The van der Waals surface area contributed by atoms with Crippen LogP contribution < -0.4 is 5.73 Å². The minimum Gasteiger partial charge on any atom is -0.339 e. The number of nitrogens with two attached hydrogens (primary N) is 1.